The van der Waals surface area contributed by atoms with Gasteiger partial charge in [-0.3, -0.25) is 5.10 Å². The van der Waals surface area contributed by atoms with E-state index >= 15 is 0 Å². The molecule has 2 N–H and O–H groups in total. The number of nitrogens with one attached hydrogen (secondary N) is 1. The van der Waals surface area contributed by atoms with Crippen LogP contribution in [0.15, 0.2) is 57.7 Å². The fraction of sp³-hybridized carbons (Fsp3) is 0.105. The molecule has 4 rings (SSSR count). The van der Waals surface area contributed by atoms with Gasteiger partial charge in [-0.15, -0.1) is 0 Å². The predicted molar refractivity (Wildman–Crippen MR) is 96.9 cm³/mol. The molecular formula is C19H15N3O5. The fourth-order valence-corrected chi connectivity index (χ4v) is 2.65. The van der Waals surface area contributed by atoms with Crippen molar-refractivity contribution in [2.75, 3.05) is 7.11 Å². The van der Waals surface area contributed by atoms with Crippen molar-refractivity contribution >= 4 is 11.0 Å². The van der Waals surface area contributed by atoms with Gasteiger partial charge < -0.3 is 19.0 Å². The van der Waals surface area contributed by atoms with E-state index in [0.29, 0.717) is 39.7 Å². The lowest BCUT2D eigenvalue weighted by Gasteiger charge is -2.06. The molecule has 2 aromatic heterocycles. The zero-order valence-corrected chi connectivity index (χ0v) is 14.3. The van der Waals surface area contributed by atoms with Crippen molar-refractivity contribution in [3.05, 3.63) is 64.8 Å². The summed E-state index contributed by atoms with van der Waals surface area (Å²) >= 11 is 0. The van der Waals surface area contributed by atoms with Crippen molar-refractivity contribution in [2.45, 2.75) is 6.61 Å². The van der Waals surface area contributed by atoms with Crippen molar-refractivity contribution in [3.63, 3.8) is 0 Å². The summed E-state index contributed by atoms with van der Waals surface area (Å²) in [4.78, 5) is 16.1. The molecule has 0 aliphatic rings. The molecule has 27 heavy (non-hydrogen) atoms. The SMILES string of the molecule is COc1cc(-c2n[nH]c(COc3cc(=O)oc4ccccc34)n2)ccc1O. The Bertz CT molecular complexity index is 1170. The Morgan fingerprint density at radius 1 is 1.15 bits per heavy atom. The van der Waals surface area contributed by atoms with E-state index in [2.05, 4.69) is 15.2 Å². The number of fused-ring (bicyclic) bond motifs is 1. The number of para-hydroxylation sites is 1. The zero-order chi connectivity index (χ0) is 18.8. The van der Waals surface area contributed by atoms with E-state index in [4.69, 9.17) is 13.9 Å². The number of aromatic amines is 1. The van der Waals surface area contributed by atoms with Crippen LogP contribution in [0.25, 0.3) is 22.4 Å². The highest BCUT2D eigenvalue weighted by molar-refractivity contribution is 5.82. The van der Waals surface area contributed by atoms with Crippen molar-refractivity contribution in [2.24, 2.45) is 0 Å². The average molecular weight is 365 g/mol. The summed E-state index contributed by atoms with van der Waals surface area (Å²) in [5.41, 5.74) is 0.644. The van der Waals surface area contributed by atoms with E-state index in [-0.39, 0.29) is 12.4 Å². The van der Waals surface area contributed by atoms with E-state index in [0.717, 1.165) is 0 Å². The molecule has 0 atom stereocenters. The molecule has 0 spiro atoms. The second-order valence-electron chi connectivity index (χ2n) is 5.71. The topological polar surface area (TPSA) is 110 Å². The lowest BCUT2D eigenvalue weighted by atomic mass is 10.2. The molecule has 0 saturated heterocycles. The first-order chi connectivity index (χ1) is 13.1. The van der Waals surface area contributed by atoms with Crippen LogP contribution in [-0.4, -0.2) is 27.4 Å². The molecule has 2 heterocycles. The van der Waals surface area contributed by atoms with Gasteiger partial charge in [0.25, 0.3) is 0 Å². The van der Waals surface area contributed by atoms with Gasteiger partial charge in [-0.2, -0.15) is 5.10 Å². The molecule has 0 radical (unpaired) electrons. The normalized spacial score (nSPS) is 10.9. The van der Waals surface area contributed by atoms with Crippen molar-refractivity contribution < 1.29 is 19.0 Å². The summed E-state index contributed by atoms with van der Waals surface area (Å²) in [6.07, 6.45) is 0. The van der Waals surface area contributed by atoms with Crippen LogP contribution in [0.5, 0.6) is 17.2 Å². The summed E-state index contributed by atoms with van der Waals surface area (Å²) in [7, 11) is 1.47. The first-order valence-electron chi connectivity index (χ1n) is 8.08. The van der Waals surface area contributed by atoms with E-state index in [1.165, 1.54) is 19.2 Å². The third kappa shape index (κ3) is 3.32. The zero-order valence-electron chi connectivity index (χ0n) is 14.3. The molecule has 0 aliphatic heterocycles. The van der Waals surface area contributed by atoms with Crippen LogP contribution < -0.4 is 15.1 Å². The second kappa shape index (κ2) is 6.83. The van der Waals surface area contributed by atoms with Crippen molar-refractivity contribution in [3.8, 4) is 28.6 Å². The highest BCUT2D eigenvalue weighted by Crippen LogP contribution is 2.30. The van der Waals surface area contributed by atoms with Crippen LogP contribution in [0.2, 0.25) is 0 Å². The second-order valence-corrected chi connectivity index (χ2v) is 5.71. The maximum absolute atomic E-state index is 11.7. The number of aromatic nitrogens is 3. The van der Waals surface area contributed by atoms with Gasteiger partial charge in [-0.25, -0.2) is 9.78 Å². The van der Waals surface area contributed by atoms with E-state index in [9.17, 15) is 9.90 Å². The molecule has 0 fully saturated rings. The molecule has 2 aromatic carbocycles. The van der Waals surface area contributed by atoms with Gasteiger partial charge in [0, 0.05) is 5.56 Å². The number of benzene rings is 2. The summed E-state index contributed by atoms with van der Waals surface area (Å²) in [6.45, 7) is 0.0929. The Morgan fingerprint density at radius 3 is 2.85 bits per heavy atom. The maximum atomic E-state index is 11.7. The largest absolute Gasteiger partial charge is 0.504 e. The first-order valence-corrected chi connectivity index (χ1v) is 8.08. The van der Waals surface area contributed by atoms with Gasteiger partial charge in [-0.05, 0) is 30.3 Å². The third-order valence-corrected chi connectivity index (χ3v) is 3.95. The lowest BCUT2D eigenvalue weighted by Crippen LogP contribution is -2.03. The van der Waals surface area contributed by atoms with Crippen LogP contribution in [0.1, 0.15) is 5.82 Å². The summed E-state index contributed by atoms with van der Waals surface area (Å²) < 4.78 is 16.0. The number of nitrogens with zero attached hydrogens (tertiary/aromatic N) is 2. The molecule has 0 saturated carbocycles. The van der Waals surface area contributed by atoms with Crippen molar-refractivity contribution in [1.82, 2.24) is 15.2 Å². The number of aromatic hydroxyl groups is 1. The Hall–Kier alpha value is -3.81. The number of ether oxygens (including phenoxy) is 2. The number of hydrogen-bond acceptors (Lipinski definition) is 7. The van der Waals surface area contributed by atoms with Crippen LogP contribution in [0.4, 0.5) is 0 Å². The molecule has 0 aliphatic carbocycles. The maximum Gasteiger partial charge on any atom is 0.339 e. The molecule has 0 bridgehead atoms. The minimum atomic E-state index is -0.488. The van der Waals surface area contributed by atoms with Crippen LogP contribution in [0.3, 0.4) is 0 Å². The van der Waals surface area contributed by atoms with Gasteiger partial charge in [0.15, 0.2) is 23.1 Å². The third-order valence-electron chi connectivity index (χ3n) is 3.95. The number of hydrogen-bond donors (Lipinski definition) is 2. The highest BCUT2D eigenvalue weighted by Gasteiger charge is 2.11. The summed E-state index contributed by atoms with van der Waals surface area (Å²) in [5, 5.41) is 17.3. The van der Waals surface area contributed by atoms with Gasteiger partial charge in [0.05, 0.1) is 18.6 Å². The van der Waals surface area contributed by atoms with Gasteiger partial charge >= 0.3 is 5.63 Å². The van der Waals surface area contributed by atoms with Crippen LogP contribution in [-0.2, 0) is 6.61 Å². The van der Waals surface area contributed by atoms with Gasteiger partial charge in [0.1, 0.15) is 17.9 Å². The van der Waals surface area contributed by atoms with E-state index in [1.54, 1.807) is 24.3 Å². The van der Waals surface area contributed by atoms with Crippen LogP contribution >= 0.6 is 0 Å². The molecular weight excluding hydrogens is 350 g/mol. The summed E-state index contributed by atoms with van der Waals surface area (Å²) in [6, 6.07) is 13.3. The summed E-state index contributed by atoms with van der Waals surface area (Å²) in [5.74, 6) is 1.69. The Kier molecular flexibility index (Phi) is 4.21. The van der Waals surface area contributed by atoms with E-state index < -0.39 is 5.63 Å². The molecule has 0 unspecified atom stereocenters. The quantitative estimate of drug-likeness (QED) is 0.523. The smallest absolute Gasteiger partial charge is 0.339 e. The number of rotatable bonds is 5. The lowest BCUT2D eigenvalue weighted by molar-refractivity contribution is 0.297. The number of methoxy groups -OCH3 is 1. The minimum Gasteiger partial charge on any atom is -0.504 e. The van der Waals surface area contributed by atoms with E-state index in [1.807, 2.05) is 12.1 Å². The first kappa shape index (κ1) is 16.6. The number of phenols is 1. The minimum absolute atomic E-state index is 0.0372. The standard InChI is InChI=1S/C19H15N3O5/c1-25-16-8-11(6-7-13(16)23)19-20-17(21-22-19)10-26-15-9-18(24)27-14-5-3-2-4-12(14)15/h2-9,23H,10H2,1H3,(H,20,21,22). The molecule has 136 valence electrons. The van der Waals surface area contributed by atoms with Gasteiger partial charge in [0.2, 0.25) is 0 Å². The highest BCUT2D eigenvalue weighted by atomic mass is 16.5. The molecule has 0 amide bonds. The average Bonchev–Trinajstić information content (AvgIpc) is 3.15. The van der Waals surface area contributed by atoms with Crippen LogP contribution in [0, 0.1) is 0 Å². The molecule has 8 heteroatoms. The molecule has 4 aromatic rings. The van der Waals surface area contributed by atoms with Gasteiger partial charge in [-0.1, -0.05) is 12.1 Å². The Morgan fingerprint density at radius 2 is 2.00 bits per heavy atom. The Balaban J connectivity index is 1.57. The fourth-order valence-electron chi connectivity index (χ4n) is 2.65. The Labute approximate surface area is 153 Å². The predicted octanol–water partition coefficient (Wildman–Crippen LogP) is 2.87. The monoisotopic (exact) mass is 365 g/mol. The number of H-pyrrole nitrogens is 1. The molecule has 8 nitrogen and oxygen atoms in total. The van der Waals surface area contributed by atoms with Crippen molar-refractivity contribution in [1.29, 1.82) is 0 Å². The number of phenolic OH excluding ortho intramolecular Hbond substituents is 1.